The summed E-state index contributed by atoms with van der Waals surface area (Å²) in [7, 11) is -2.02. The maximum absolute atomic E-state index is 11.2. The molecule has 112 valence electrons. The molecule has 0 spiro atoms. The van der Waals surface area contributed by atoms with Crippen LogP contribution in [0.15, 0.2) is 46.8 Å². The van der Waals surface area contributed by atoms with E-state index in [0.717, 1.165) is 5.56 Å². The SMILES string of the molecule is C=CCNC(=NC)NCc1cccc(S(N)(=O)=O)c1.I. The van der Waals surface area contributed by atoms with Gasteiger partial charge in [0.1, 0.15) is 0 Å². The van der Waals surface area contributed by atoms with E-state index in [4.69, 9.17) is 5.14 Å². The fourth-order valence-corrected chi connectivity index (χ4v) is 1.99. The monoisotopic (exact) mass is 410 g/mol. The number of sulfonamides is 1. The lowest BCUT2D eigenvalue weighted by atomic mass is 10.2. The second-order valence-corrected chi connectivity index (χ2v) is 5.35. The first kappa shape index (κ1) is 18.9. The molecule has 1 rings (SSSR count). The van der Waals surface area contributed by atoms with Crippen molar-refractivity contribution in [1.82, 2.24) is 10.6 Å². The third-order valence-electron chi connectivity index (χ3n) is 2.32. The first-order valence-corrected chi connectivity index (χ1v) is 7.19. The summed E-state index contributed by atoms with van der Waals surface area (Å²) in [6.45, 7) is 4.64. The standard InChI is InChI=1S/C12H18N4O2S.HI/c1-3-7-15-12(14-2)16-9-10-5-4-6-11(8-10)19(13,17)18;/h3-6,8H,1,7,9H2,2H3,(H2,13,17,18)(H2,14,15,16);1H. The Bertz CT molecular complexity index is 573. The number of nitrogens with one attached hydrogen (secondary N) is 2. The molecule has 0 heterocycles. The number of primary sulfonamides is 1. The zero-order chi connectivity index (χ0) is 14.3. The molecule has 0 unspecified atom stereocenters. The molecule has 0 amide bonds. The van der Waals surface area contributed by atoms with Gasteiger partial charge in [0, 0.05) is 20.1 Å². The highest BCUT2D eigenvalue weighted by atomic mass is 127. The summed E-state index contributed by atoms with van der Waals surface area (Å²) in [4.78, 5) is 4.11. The normalized spacial score (nSPS) is 11.4. The molecule has 0 aliphatic carbocycles. The van der Waals surface area contributed by atoms with Crippen LogP contribution < -0.4 is 15.8 Å². The first-order chi connectivity index (χ1) is 8.97. The number of hydrogen-bond donors (Lipinski definition) is 3. The van der Waals surface area contributed by atoms with Crippen LogP contribution in [-0.2, 0) is 16.6 Å². The van der Waals surface area contributed by atoms with E-state index in [2.05, 4.69) is 22.2 Å². The minimum atomic E-state index is -3.67. The third-order valence-corrected chi connectivity index (χ3v) is 3.24. The number of nitrogens with zero attached hydrogens (tertiary/aromatic N) is 1. The lowest BCUT2D eigenvalue weighted by molar-refractivity contribution is 0.597. The van der Waals surface area contributed by atoms with E-state index < -0.39 is 10.0 Å². The Balaban J connectivity index is 0.00000361. The molecule has 0 saturated carbocycles. The molecule has 1 aromatic carbocycles. The fraction of sp³-hybridized carbons (Fsp3) is 0.250. The highest BCUT2D eigenvalue weighted by molar-refractivity contribution is 14.0. The van der Waals surface area contributed by atoms with Crippen LogP contribution in [0, 0.1) is 0 Å². The second kappa shape index (κ2) is 8.93. The molecule has 20 heavy (non-hydrogen) atoms. The van der Waals surface area contributed by atoms with Gasteiger partial charge in [0.15, 0.2) is 5.96 Å². The van der Waals surface area contributed by atoms with E-state index >= 15 is 0 Å². The molecule has 0 aliphatic heterocycles. The van der Waals surface area contributed by atoms with Gasteiger partial charge in [-0.3, -0.25) is 4.99 Å². The Hall–Kier alpha value is -1.13. The maximum atomic E-state index is 11.2. The quantitative estimate of drug-likeness (QED) is 0.290. The Labute approximate surface area is 136 Å². The molecule has 0 radical (unpaired) electrons. The molecule has 0 atom stereocenters. The molecule has 0 aliphatic rings. The summed E-state index contributed by atoms with van der Waals surface area (Å²) < 4.78 is 22.5. The van der Waals surface area contributed by atoms with Gasteiger partial charge in [0.2, 0.25) is 10.0 Å². The Morgan fingerprint density at radius 1 is 1.45 bits per heavy atom. The summed E-state index contributed by atoms with van der Waals surface area (Å²) in [5.74, 6) is 0.612. The van der Waals surface area contributed by atoms with Crippen molar-refractivity contribution in [3.05, 3.63) is 42.5 Å². The summed E-state index contributed by atoms with van der Waals surface area (Å²) >= 11 is 0. The van der Waals surface area contributed by atoms with Crippen molar-refractivity contribution >= 4 is 40.0 Å². The number of rotatable bonds is 5. The van der Waals surface area contributed by atoms with Gasteiger partial charge in [-0.1, -0.05) is 18.2 Å². The number of halogens is 1. The zero-order valence-electron chi connectivity index (χ0n) is 11.2. The number of benzene rings is 1. The Morgan fingerprint density at radius 2 is 2.15 bits per heavy atom. The average molecular weight is 410 g/mol. The van der Waals surface area contributed by atoms with Gasteiger partial charge in [-0.05, 0) is 17.7 Å². The van der Waals surface area contributed by atoms with Gasteiger partial charge in [0.25, 0.3) is 0 Å². The Kier molecular flexibility index (Phi) is 8.42. The van der Waals surface area contributed by atoms with Crippen molar-refractivity contribution in [3.63, 3.8) is 0 Å². The first-order valence-electron chi connectivity index (χ1n) is 5.64. The van der Waals surface area contributed by atoms with Crippen LogP contribution in [-0.4, -0.2) is 28.0 Å². The largest absolute Gasteiger partial charge is 0.353 e. The predicted molar refractivity (Wildman–Crippen MR) is 91.6 cm³/mol. The highest BCUT2D eigenvalue weighted by Gasteiger charge is 2.07. The van der Waals surface area contributed by atoms with Gasteiger partial charge in [0.05, 0.1) is 4.90 Å². The topological polar surface area (TPSA) is 96.6 Å². The zero-order valence-corrected chi connectivity index (χ0v) is 14.3. The van der Waals surface area contributed by atoms with Crippen LogP contribution in [0.5, 0.6) is 0 Å². The highest BCUT2D eigenvalue weighted by Crippen LogP contribution is 2.09. The number of hydrogen-bond acceptors (Lipinski definition) is 3. The summed E-state index contributed by atoms with van der Waals surface area (Å²) in [5, 5.41) is 11.1. The third kappa shape index (κ3) is 6.35. The molecular formula is C12H19IN4O2S. The van der Waals surface area contributed by atoms with Gasteiger partial charge >= 0.3 is 0 Å². The summed E-state index contributed by atoms with van der Waals surface area (Å²) in [6.07, 6.45) is 1.72. The summed E-state index contributed by atoms with van der Waals surface area (Å²) in [6, 6.07) is 6.45. The smallest absolute Gasteiger partial charge is 0.238 e. The van der Waals surface area contributed by atoms with Crippen molar-refractivity contribution in [3.8, 4) is 0 Å². The predicted octanol–water partition coefficient (Wildman–Crippen LogP) is 0.803. The van der Waals surface area contributed by atoms with E-state index in [9.17, 15) is 8.42 Å². The van der Waals surface area contributed by atoms with Crippen LogP contribution in [0.1, 0.15) is 5.56 Å². The van der Waals surface area contributed by atoms with Crippen LogP contribution in [0.25, 0.3) is 0 Å². The van der Waals surface area contributed by atoms with E-state index in [-0.39, 0.29) is 28.9 Å². The number of nitrogens with two attached hydrogens (primary N) is 1. The lowest BCUT2D eigenvalue weighted by Gasteiger charge is -2.10. The summed E-state index contributed by atoms with van der Waals surface area (Å²) in [5.41, 5.74) is 0.799. The molecule has 6 nitrogen and oxygen atoms in total. The van der Waals surface area contributed by atoms with Crippen LogP contribution >= 0.6 is 24.0 Å². The molecule has 1 aromatic rings. The van der Waals surface area contributed by atoms with Crippen LogP contribution in [0.2, 0.25) is 0 Å². The van der Waals surface area contributed by atoms with Gasteiger partial charge in [-0.25, -0.2) is 13.6 Å². The molecule has 4 N–H and O–H groups in total. The minimum Gasteiger partial charge on any atom is -0.353 e. The van der Waals surface area contributed by atoms with Crippen molar-refractivity contribution < 1.29 is 8.42 Å². The van der Waals surface area contributed by atoms with Crippen molar-refractivity contribution in [2.24, 2.45) is 10.1 Å². The minimum absolute atomic E-state index is 0. The molecule has 0 bridgehead atoms. The van der Waals surface area contributed by atoms with Crippen molar-refractivity contribution in [2.45, 2.75) is 11.4 Å². The van der Waals surface area contributed by atoms with E-state index in [1.54, 1.807) is 19.2 Å². The molecule has 0 saturated heterocycles. The van der Waals surface area contributed by atoms with E-state index in [0.29, 0.717) is 19.0 Å². The Morgan fingerprint density at radius 3 is 2.70 bits per heavy atom. The molecular weight excluding hydrogens is 391 g/mol. The van der Waals surface area contributed by atoms with Gasteiger partial charge in [-0.15, -0.1) is 30.6 Å². The molecule has 0 fully saturated rings. The van der Waals surface area contributed by atoms with E-state index in [1.165, 1.54) is 12.1 Å². The van der Waals surface area contributed by atoms with Gasteiger partial charge < -0.3 is 10.6 Å². The maximum Gasteiger partial charge on any atom is 0.238 e. The fourth-order valence-electron chi connectivity index (χ4n) is 1.41. The van der Waals surface area contributed by atoms with Gasteiger partial charge in [-0.2, -0.15) is 0 Å². The molecule has 8 heteroatoms. The average Bonchev–Trinajstić information content (AvgIpc) is 2.38. The van der Waals surface area contributed by atoms with E-state index in [1.807, 2.05) is 6.07 Å². The van der Waals surface area contributed by atoms with Crippen LogP contribution in [0.4, 0.5) is 0 Å². The number of guanidine groups is 1. The van der Waals surface area contributed by atoms with Crippen molar-refractivity contribution in [2.75, 3.05) is 13.6 Å². The number of aliphatic imine (C=N–C) groups is 1. The lowest BCUT2D eigenvalue weighted by Crippen LogP contribution is -2.36. The van der Waals surface area contributed by atoms with Crippen LogP contribution in [0.3, 0.4) is 0 Å². The second-order valence-electron chi connectivity index (χ2n) is 3.79. The molecule has 0 aromatic heterocycles. The van der Waals surface area contributed by atoms with Crippen molar-refractivity contribution in [1.29, 1.82) is 0 Å².